The Kier molecular flexibility index (Phi) is 7.25. The number of benzene rings is 1. The van der Waals surface area contributed by atoms with Crippen LogP contribution in [-0.4, -0.2) is 17.5 Å². The smallest absolute Gasteiger partial charge is 0.324 e. The van der Waals surface area contributed by atoms with E-state index in [1.165, 1.54) is 18.2 Å². The predicted octanol–water partition coefficient (Wildman–Crippen LogP) is 3.40. The third kappa shape index (κ3) is 6.17. The van der Waals surface area contributed by atoms with E-state index in [0.29, 0.717) is 6.42 Å². The van der Waals surface area contributed by atoms with Gasteiger partial charge in [0.25, 0.3) is 0 Å². The molecule has 0 bridgehead atoms. The number of alkyl halides is 3. The van der Waals surface area contributed by atoms with Crippen molar-refractivity contribution in [2.24, 2.45) is 5.73 Å². The number of carbonyl (C=O) groups excluding carboxylic acids is 1. The van der Waals surface area contributed by atoms with Crippen molar-refractivity contribution in [1.82, 2.24) is 0 Å². The molecule has 1 amide bonds. The zero-order valence-corrected chi connectivity index (χ0v) is 11.7. The number of halogens is 4. The molecule has 1 aromatic rings. The highest BCUT2D eigenvalue weighted by molar-refractivity contribution is 8.00. The molecule has 0 saturated carbocycles. The zero-order chi connectivity index (χ0) is 13.8. The first-order chi connectivity index (χ1) is 8.33. The molecule has 0 aromatic heterocycles. The molecular formula is C11H14ClF3N2OS. The first-order valence-electron chi connectivity index (χ1n) is 5.24. The van der Waals surface area contributed by atoms with Crippen LogP contribution in [0.15, 0.2) is 29.2 Å². The highest BCUT2D eigenvalue weighted by atomic mass is 35.5. The molecule has 0 radical (unpaired) electrons. The summed E-state index contributed by atoms with van der Waals surface area (Å²) in [4.78, 5) is 11.5. The lowest BCUT2D eigenvalue weighted by atomic mass is 10.2. The van der Waals surface area contributed by atoms with Gasteiger partial charge in [0.15, 0.2) is 0 Å². The van der Waals surface area contributed by atoms with Gasteiger partial charge in [0.2, 0.25) is 5.91 Å². The molecule has 1 aromatic carbocycles. The van der Waals surface area contributed by atoms with Crippen molar-refractivity contribution in [2.45, 2.75) is 29.8 Å². The molecule has 19 heavy (non-hydrogen) atoms. The summed E-state index contributed by atoms with van der Waals surface area (Å²) in [5, 5.41) is 2.40. The number of nitrogens with two attached hydrogens (primary N) is 1. The normalized spacial score (nSPS) is 12.5. The van der Waals surface area contributed by atoms with E-state index in [9.17, 15) is 18.0 Å². The molecule has 0 heterocycles. The molecule has 108 valence electrons. The minimum Gasteiger partial charge on any atom is -0.324 e. The Morgan fingerprint density at radius 2 is 2.00 bits per heavy atom. The molecule has 0 aliphatic carbocycles. The van der Waals surface area contributed by atoms with Crippen LogP contribution in [0.25, 0.3) is 0 Å². The van der Waals surface area contributed by atoms with Crippen LogP contribution < -0.4 is 11.1 Å². The minimum absolute atomic E-state index is 0. The van der Waals surface area contributed by atoms with Crippen LogP contribution in [0.5, 0.6) is 0 Å². The molecule has 3 nitrogen and oxygen atoms in total. The Morgan fingerprint density at radius 1 is 1.42 bits per heavy atom. The molecule has 0 spiro atoms. The number of carbonyl (C=O) groups is 1. The maximum absolute atomic E-state index is 12.3. The highest BCUT2D eigenvalue weighted by Crippen LogP contribution is 2.40. The summed E-state index contributed by atoms with van der Waals surface area (Å²) in [5.41, 5.74) is 1.22. The molecule has 8 heteroatoms. The molecule has 0 fully saturated rings. The van der Waals surface area contributed by atoms with Crippen molar-refractivity contribution in [1.29, 1.82) is 0 Å². The first kappa shape index (κ1) is 18.1. The van der Waals surface area contributed by atoms with Crippen LogP contribution in [-0.2, 0) is 4.79 Å². The Bertz CT molecular complexity index is 429. The second kappa shape index (κ2) is 7.62. The monoisotopic (exact) mass is 314 g/mol. The van der Waals surface area contributed by atoms with Crippen LogP contribution >= 0.6 is 24.2 Å². The van der Waals surface area contributed by atoms with Crippen LogP contribution in [0.2, 0.25) is 0 Å². The van der Waals surface area contributed by atoms with Crippen LogP contribution in [0.3, 0.4) is 0 Å². The number of para-hydroxylation sites is 1. The van der Waals surface area contributed by atoms with Crippen molar-refractivity contribution in [3.05, 3.63) is 24.3 Å². The topological polar surface area (TPSA) is 55.1 Å². The van der Waals surface area contributed by atoms with E-state index in [2.05, 4.69) is 5.32 Å². The number of anilines is 1. The fraction of sp³-hybridized carbons (Fsp3) is 0.364. The van der Waals surface area contributed by atoms with Crippen molar-refractivity contribution in [3.63, 3.8) is 0 Å². The van der Waals surface area contributed by atoms with Crippen LogP contribution in [0, 0.1) is 0 Å². The van der Waals surface area contributed by atoms with Gasteiger partial charge < -0.3 is 11.1 Å². The number of nitrogens with one attached hydrogen (secondary N) is 1. The molecule has 1 rings (SSSR count). The average molecular weight is 315 g/mol. The second-order valence-electron chi connectivity index (χ2n) is 3.55. The molecule has 0 aliphatic heterocycles. The maximum Gasteiger partial charge on any atom is 0.446 e. The number of hydrogen-bond donors (Lipinski definition) is 2. The fourth-order valence-electron chi connectivity index (χ4n) is 1.19. The number of rotatable bonds is 4. The van der Waals surface area contributed by atoms with Gasteiger partial charge in [-0.1, -0.05) is 19.1 Å². The Balaban J connectivity index is 0.00000324. The van der Waals surface area contributed by atoms with Crippen molar-refractivity contribution in [2.75, 3.05) is 5.32 Å². The average Bonchev–Trinajstić information content (AvgIpc) is 2.28. The second-order valence-corrected chi connectivity index (χ2v) is 4.65. The SMILES string of the molecule is CC[C@H](N)C(=O)Nc1ccccc1SC(F)(F)F.Cl. The van der Waals surface area contributed by atoms with Gasteiger partial charge in [0.1, 0.15) is 0 Å². The predicted molar refractivity (Wildman–Crippen MR) is 72.5 cm³/mol. The maximum atomic E-state index is 12.3. The lowest BCUT2D eigenvalue weighted by Crippen LogP contribution is -2.34. The summed E-state index contributed by atoms with van der Waals surface area (Å²) in [6, 6.07) is 5.00. The van der Waals surface area contributed by atoms with E-state index >= 15 is 0 Å². The lowest BCUT2D eigenvalue weighted by Gasteiger charge is -2.14. The van der Waals surface area contributed by atoms with Gasteiger partial charge in [-0.2, -0.15) is 13.2 Å². The zero-order valence-electron chi connectivity index (χ0n) is 10.0. The van der Waals surface area contributed by atoms with Crippen molar-refractivity contribution < 1.29 is 18.0 Å². The summed E-state index contributed by atoms with van der Waals surface area (Å²) < 4.78 is 36.9. The molecule has 1 atom stereocenters. The fourth-order valence-corrected chi connectivity index (χ4v) is 1.82. The summed E-state index contributed by atoms with van der Waals surface area (Å²) in [5.74, 6) is -0.493. The van der Waals surface area contributed by atoms with Gasteiger partial charge in [0.05, 0.1) is 11.7 Å². The lowest BCUT2D eigenvalue weighted by molar-refractivity contribution is -0.117. The largest absolute Gasteiger partial charge is 0.446 e. The van der Waals surface area contributed by atoms with E-state index in [1.807, 2.05) is 0 Å². The molecule has 3 N–H and O–H groups in total. The molecule has 0 aliphatic rings. The molecule has 0 saturated heterocycles. The first-order valence-corrected chi connectivity index (χ1v) is 6.06. The Morgan fingerprint density at radius 3 is 2.53 bits per heavy atom. The van der Waals surface area contributed by atoms with Crippen molar-refractivity contribution in [3.8, 4) is 0 Å². The summed E-state index contributed by atoms with van der Waals surface area (Å²) in [6.07, 6.45) is 0.417. The van der Waals surface area contributed by atoms with E-state index in [-0.39, 0.29) is 34.8 Å². The number of thioether (sulfide) groups is 1. The van der Waals surface area contributed by atoms with E-state index in [1.54, 1.807) is 13.0 Å². The van der Waals surface area contributed by atoms with E-state index < -0.39 is 17.5 Å². The standard InChI is InChI=1S/C11H13F3N2OS.ClH/c1-2-7(15)10(17)16-8-5-3-4-6-9(8)18-11(12,13)14;/h3-7H,2,15H2,1H3,(H,16,17);1H/t7-;/m0./s1. The van der Waals surface area contributed by atoms with Crippen LogP contribution in [0.1, 0.15) is 13.3 Å². The highest BCUT2D eigenvalue weighted by Gasteiger charge is 2.30. The Hall–Kier alpha value is -0.920. The molecule has 0 unspecified atom stereocenters. The van der Waals surface area contributed by atoms with Gasteiger partial charge in [0, 0.05) is 4.90 Å². The van der Waals surface area contributed by atoms with Crippen LogP contribution in [0.4, 0.5) is 18.9 Å². The van der Waals surface area contributed by atoms with Gasteiger partial charge in [-0.25, -0.2) is 0 Å². The van der Waals surface area contributed by atoms with Crippen molar-refractivity contribution >= 4 is 35.8 Å². The van der Waals surface area contributed by atoms with E-state index in [4.69, 9.17) is 5.73 Å². The van der Waals surface area contributed by atoms with Gasteiger partial charge in [-0.3, -0.25) is 4.79 Å². The number of amides is 1. The van der Waals surface area contributed by atoms with Gasteiger partial charge >= 0.3 is 5.51 Å². The third-order valence-corrected chi connectivity index (χ3v) is 2.95. The summed E-state index contributed by atoms with van der Waals surface area (Å²) in [6.45, 7) is 1.72. The summed E-state index contributed by atoms with van der Waals surface area (Å²) in [7, 11) is 0. The van der Waals surface area contributed by atoms with Gasteiger partial charge in [-0.15, -0.1) is 12.4 Å². The van der Waals surface area contributed by atoms with E-state index in [0.717, 1.165) is 0 Å². The molecular weight excluding hydrogens is 301 g/mol. The third-order valence-electron chi connectivity index (χ3n) is 2.15. The van der Waals surface area contributed by atoms with Gasteiger partial charge in [-0.05, 0) is 30.3 Å². The summed E-state index contributed by atoms with van der Waals surface area (Å²) >= 11 is -0.267. The quantitative estimate of drug-likeness (QED) is 0.838. The Labute approximate surface area is 119 Å². The minimum atomic E-state index is -4.40. The number of hydrogen-bond acceptors (Lipinski definition) is 3.